The average Bonchev–Trinajstić information content (AvgIpc) is 3.47. The van der Waals surface area contributed by atoms with E-state index in [-0.39, 0.29) is 5.54 Å². The van der Waals surface area contributed by atoms with E-state index < -0.39 is 0 Å². The number of anilines is 1. The molecule has 9 heteroatoms. The van der Waals surface area contributed by atoms with Crippen LogP contribution in [0.4, 0.5) is 5.82 Å². The van der Waals surface area contributed by atoms with Crippen LogP contribution in [0.15, 0.2) is 54.9 Å². The van der Waals surface area contributed by atoms with E-state index in [1.165, 1.54) is 0 Å². The zero-order valence-corrected chi connectivity index (χ0v) is 22.0. The highest BCUT2D eigenvalue weighted by molar-refractivity contribution is 6.33. The first-order chi connectivity index (χ1) is 17.5. The van der Waals surface area contributed by atoms with Gasteiger partial charge in [0.25, 0.3) is 0 Å². The standard InChI is InChI=1S/C27H29Cl2N7/c1-18(2)35-17-30-15-27(35)11-13-34(14-12-27)25-23-26(32-16-31-25)36(20-9-7-19(28)8-10-20)24(33-23)21-5-3-4-6-22(21)29/h3-10,16,18,30H,11-15,17H2,1-2H3. The first-order valence-corrected chi connectivity index (χ1v) is 13.2. The fourth-order valence-electron chi connectivity index (χ4n) is 5.78. The Hall–Kier alpha value is -2.71. The van der Waals surface area contributed by atoms with Crippen LogP contribution in [0.5, 0.6) is 0 Å². The quantitative estimate of drug-likeness (QED) is 0.388. The van der Waals surface area contributed by atoms with Gasteiger partial charge in [-0.1, -0.05) is 35.3 Å². The van der Waals surface area contributed by atoms with Gasteiger partial charge in [-0.25, -0.2) is 15.0 Å². The van der Waals surface area contributed by atoms with Gasteiger partial charge >= 0.3 is 0 Å². The Balaban J connectivity index is 1.44. The van der Waals surface area contributed by atoms with E-state index in [0.717, 1.165) is 73.2 Å². The molecule has 2 fully saturated rings. The number of nitrogens with zero attached hydrogens (tertiary/aromatic N) is 6. The molecule has 0 radical (unpaired) electrons. The van der Waals surface area contributed by atoms with E-state index in [2.05, 4.69) is 33.9 Å². The number of rotatable bonds is 4. The van der Waals surface area contributed by atoms with Crippen molar-refractivity contribution in [3.8, 4) is 17.1 Å². The van der Waals surface area contributed by atoms with Gasteiger partial charge in [-0.15, -0.1) is 0 Å². The molecule has 7 nitrogen and oxygen atoms in total. The Labute approximate surface area is 221 Å². The summed E-state index contributed by atoms with van der Waals surface area (Å²) in [5.74, 6) is 1.61. The minimum Gasteiger partial charge on any atom is -0.355 e. The zero-order chi connectivity index (χ0) is 24.9. The van der Waals surface area contributed by atoms with Gasteiger partial charge in [-0.3, -0.25) is 9.47 Å². The Morgan fingerprint density at radius 1 is 0.972 bits per heavy atom. The van der Waals surface area contributed by atoms with Crippen molar-refractivity contribution in [2.45, 2.75) is 38.3 Å². The smallest absolute Gasteiger partial charge is 0.170 e. The van der Waals surface area contributed by atoms with Gasteiger partial charge in [-0.2, -0.15) is 0 Å². The third kappa shape index (κ3) is 3.95. The number of aromatic nitrogens is 4. The molecular formula is C27H29Cl2N7. The number of halogens is 2. The van der Waals surface area contributed by atoms with Crippen molar-refractivity contribution in [3.63, 3.8) is 0 Å². The summed E-state index contributed by atoms with van der Waals surface area (Å²) < 4.78 is 2.05. The minimum atomic E-state index is 0.211. The summed E-state index contributed by atoms with van der Waals surface area (Å²) in [5.41, 5.74) is 3.51. The Morgan fingerprint density at radius 3 is 2.44 bits per heavy atom. The molecule has 2 aromatic heterocycles. The number of imidazole rings is 1. The van der Waals surface area contributed by atoms with Crippen LogP contribution < -0.4 is 10.2 Å². The topological polar surface area (TPSA) is 62.1 Å². The van der Waals surface area contributed by atoms with Crippen LogP contribution in [0.1, 0.15) is 26.7 Å². The second kappa shape index (κ2) is 9.30. The van der Waals surface area contributed by atoms with Crippen LogP contribution in [0, 0.1) is 0 Å². The van der Waals surface area contributed by atoms with Gasteiger partial charge in [-0.05, 0) is 63.1 Å². The van der Waals surface area contributed by atoms with E-state index in [4.69, 9.17) is 33.2 Å². The Bertz CT molecular complexity index is 1390. The van der Waals surface area contributed by atoms with Gasteiger partial charge in [0.1, 0.15) is 12.2 Å². The van der Waals surface area contributed by atoms with Crippen molar-refractivity contribution < 1.29 is 0 Å². The van der Waals surface area contributed by atoms with Gasteiger partial charge in [0, 0.05) is 54.2 Å². The summed E-state index contributed by atoms with van der Waals surface area (Å²) in [6.07, 6.45) is 3.81. The maximum absolute atomic E-state index is 6.64. The molecular weight excluding hydrogens is 493 g/mol. The molecule has 0 unspecified atom stereocenters. The second-order valence-corrected chi connectivity index (χ2v) is 10.8. The molecule has 1 N–H and O–H groups in total. The number of nitrogens with one attached hydrogen (secondary N) is 1. The van der Waals surface area contributed by atoms with Gasteiger partial charge in [0.15, 0.2) is 17.0 Å². The lowest BCUT2D eigenvalue weighted by Crippen LogP contribution is -2.56. The molecule has 4 aromatic rings. The molecule has 1 spiro atoms. The lowest BCUT2D eigenvalue weighted by molar-refractivity contribution is 0.0853. The molecule has 186 valence electrons. The van der Waals surface area contributed by atoms with Crippen LogP contribution in [-0.2, 0) is 0 Å². The maximum atomic E-state index is 6.64. The molecule has 0 saturated carbocycles. The monoisotopic (exact) mass is 521 g/mol. The Morgan fingerprint density at radius 2 is 1.72 bits per heavy atom. The molecule has 36 heavy (non-hydrogen) atoms. The van der Waals surface area contributed by atoms with E-state index in [0.29, 0.717) is 16.1 Å². The van der Waals surface area contributed by atoms with E-state index >= 15 is 0 Å². The third-order valence-electron chi connectivity index (χ3n) is 7.59. The highest BCUT2D eigenvalue weighted by Gasteiger charge is 2.44. The van der Waals surface area contributed by atoms with Gasteiger partial charge in [0.2, 0.25) is 0 Å². The molecule has 0 atom stereocenters. The molecule has 2 aliphatic heterocycles. The summed E-state index contributed by atoms with van der Waals surface area (Å²) in [6.45, 7) is 8.42. The zero-order valence-electron chi connectivity index (χ0n) is 20.5. The predicted octanol–water partition coefficient (Wildman–Crippen LogP) is 5.40. The summed E-state index contributed by atoms with van der Waals surface area (Å²) >= 11 is 12.8. The van der Waals surface area contributed by atoms with Crippen LogP contribution in [0.2, 0.25) is 10.0 Å². The van der Waals surface area contributed by atoms with Crippen LogP contribution >= 0.6 is 23.2 Å². The highest BCUT2D eigenvalue weighted by atomic mass is 35.5. The number of benzene rings is 2. The van der Waals surface area contributed by atoms with Crippen molar-refractivity contribution in [1.29, 1.82) is 0 Å². The summed E-state index contributed by atoms with van der Waals surface area (Å²) in [5, 5.41) is 4.92. The number of fused-ring (bicyclic) bond motifs is 1. The number of hydrogen-bond acceptors (Lipinski definition) is 6. The molecule has 0 bridgehead atoms. The molecule has 0 aliphatic carbocycles. The summed E-state index contributed by atoms with van der Waals surface area (Å²) in [7, 11) is 0. The van der Waals surface area contributed by atoms with Crippen molar-refractivity contribution in [2.75, 3.05) is 31.2 Å². The predicted molar refractivity (Wildman–Crippen MR) is 146 cm³/mol. The van der Waals surface area contributed by atoms with Crippen molar-refractivity contribution in [2.24, 2.45) is 0 Å². The second-order valence-electron chi connectivity index (χ2n) is 9.96. The number of hydrogen-bond donors (Lipinski definition) is 1. The van der Waals surface area contributed by atoms with E-state index in [1.807, 2.05) is 53.1 Å². The minimum absolute atomic E-state index is 0.211. The van der Waals surface area contributed by atoms with Crippen LogP contribution in [-0.4, -0.2) is 62.3 Å². The molecule has 6 rings (SSSR count). The molecule has 2 aromatic carbocycles. The van der Waals surface area contributed by atoms with Crippen molar-refractivity contribution >= 4 is 40.2 Å². The van der Waals surface area contributed by atoms with E-state index in [9.17, 15) is 0 Å². The van der Waals surface area contributed by atoms with E-state index in [1.54, 1.807) is 6.33 Å². The molecule has 2 aliphatic rings. The summed E-state index contributed by atoms with van der Waals surface area (Å²) in [6, 6.07) is 16.0. The lowest BCUT2D eigenvalue weighted by Gasteiger charge is -2.46. The fourth-order valence-corrected chi connectivity index (χ4v) is 6.12. The summed E-state index contributed by atoms with van der Waals surface area (Å²) in [4.78, 5) is 19.5. The van der Waals surface area contributed by atoms with Crippen molar-refractivity contribution in [1.82, 2.24) is 29.7 Å². The molecule has 4 heterocycles. The lowest BCUT2D eigenvalue weighted by atomic mass is 9.86. The number of piperidine rings is 1. The molecule has 0 amide bonds. The fraction of sp³-hybridized carbons (Fsp3) is 0.370. The molecule has 2 saturated heterocycles. The van der Waals surface area contributed by atoms with Crippen molar-refractivity contribution in [3.05, 3.63) is 64.9 Å². The van der Waals surface area contributed by atoms with Crippen LogP contribution in [0.25, 0.3) is 28.2 Å². The van der Waals surface area contributed by atoms with Gasteiger partial charge in [0.05, 0.1) is 5.02 Å². The third-order valence-corrected chi connectivity index (χ3v) is 8.17. The SMILES string of the molecule is CC(C)N1CNCC12CCN(c1ncnc3c1nc(-c1ccccc1Cl)n3-c1ccc(Cl)cc1)CC2. The first kappa shape index (κ1) is 23.7. The highest BCUT2D eigenvalue weighted by Crippen LogP contribution is 2.38. The first-order valence-electron chi connectivity index (χ1n) is 12.4. The average molecular weight is 522 g/mol. The normalized spacial score (nSPS) is 18.1. The Kier molecular flexibility index (Phi) is 6.12. The largest absolute Gasteiger partial charge is 0.355 e. The van der Waals surface area contributed by atoms with Gasteiger partial charge < -0.3 is 10.2 Å². The van der Waals surface area contributed by atoms with Crippen LogP contribution in [0.3, 0.4) is 0 Å². The maximum Gasteiger partial charge on any atom is 0.170 e.